The fourth-order valence-corrected chi connectivity index (χ4v) is 3.37. The third-order valence-electron chi connectivity index (χ3n) is 2.88. The van der Waals surface area contributed by atoms with Crippen LogP contribution < -0.4 is 10.5 Å². The molecule has 0 amide bonds. The maximum Gasteiger partial charge on any atom is 0.184 e. The number of anilines is 1. The molecule has 112 valence electrons. The van der Waals surface area contributed by atoms with Crippen LogP contribution in [0.3, 0.4) is 0 Å². The van der Waals surface area contributed by atoms with Gasteiger partial charge in [-0.05, 0) is 35.9 Å². The van der Waals surface area contributed by atoms with Gasteiger partial charge in [-0.25, -0.2) is 17.2 Å². The van der Waals surface area contributed by atoms with E-state index in [1.54, 1.807) is 0 Å². The number of nitrogen functional groups attached to an aromatic ring is 1. The van der Waals surface area contributed by atoms with Crippen LogP contribution in [0.25, 0.3) is 0 Å². The van der Waals surface area contributed by atoms with E-state index in [0.29, 0.717) is 0 Å². The second-order valence-corrected chi connectivity index (χ2v) is 6.37. The van der Waals surface area contributed by atoms with Crippen molar-refractivity contribution in [2.75, 3.05) is 12.8 Å². The quantitative estimate of drug-likeness (QED) is 0.695. The molecule has 2 aromatic carbocycles. The van der Waals surface area contributed by atoms with Crippen molar-refractivity contribution < 1.29 is 21.9 Å². The molecular formula is C14H13F2NO3S. The third-order valence-corrected chi connectivity index (χ3v) is 4.64. The number of hydrogen-bond acceptors (Lipinski definition) is 4. The fourth-order valence-electron chi connectivity index (χ4n) is 1.90. The molecule has 0 aromatic heterocycles. The first-order valence-corrected chi connectivity index (χ1v) is 7.59. The number of hydrogen-bond donors (Lipinski definition) is 1. The Morgan fingerprint density at radius 1 is 1.14 bits per heavy atom. The van der Waals surface area contributed by atoms with Gasteiger partial charge >= 0.3 is 0 Å². The molecule has 0 radical (unpaired) electrons. The highest BCUT2D eigenvalue weighted by molar-refractivity contribution is 7.90. The van der Waals surface area contributed by atoms with Gasteiger partial charge in [0.1, 0.15) is 5.82 Å². The van der Waals surface area contributed by atoms with Gasteiger partial charge in [0, 0.05) is 0 Å². The summed E-state index contributed by atoms with van der Waals surface area (Å²) in [5.74, 6) is -1.69. The number of benzene rings is 2. The summed E-state index contributed by atoms with van der Waals surface area (Å²) in [6.45, 7) is 0. The summed E-state index contributed by atoms with van der Waals surface area (Å²) in [5, 5.41) is 0. The van der Waals surface area contributed by atoms with Crippen LogP contribution in [-0.4, -0.2) is 15.5 Å². The van der Waals surface area contributed by atoms with E-state index in [4.69, 9.17) is 10.5 Å². The van der Waals surface area contributed by atoms with Crippen molar-refractivity contribution >= 4 is 15.5 Å². The molecule has 0 bridgehead atoms. The highest BCUT2D eigenvalue weighted by Gasteiger charge is 2.19. The molecule has 0 heterocycles. The summed E-state index contributed by atoms with van der Waals surface area (Å²) in [6, 6.07) is 6.91. The number of halogens is 2. The molecule has 2 aromatic rings. The molecule has 7 heteroatoms. The Hall–Kier alpha value is -2.15. The minimum atomic E-state index is -3.80. The van der Waals surface area contributed by atoms with Crippen molar-refractivity contribution in [2.24, 2.45) is 0 Å². The highest BCUT2D eigenvalue weighted by Crippen LogP contribution is 2.25. The lowest BCUT2D eigenvalue weighted by Crippen LogP contribution is -2.08. The summed E-state index contributed by atoms with van der Waals surface area (Å²) in [5.41, 5.74) is 5.59. The smallest absolute Gasteiger partial charge is 0.184 e. The summed E-state index contributed by atoms with van der Waals surface area (Å²) in [6.07, 6.45) is 0. The Morgan fingerprint density at radius 2 is 1.86 bits per heavy atom. The van der Waals surface area contributed by atoms with Gasteiger partial charge in [-0.3, -0.25) is 0 Å². The van der Waals surface area contributed by atoms with Gasteiger partial charge < -0.3 is 10.5 Å². The van der Waals surface area contributed by atoms with Crippen molar-refractivity contribution in [2.45, 2.75) is 10.6 Å². The molecule has 0 saturated carbocycles. The third kappa shape index (κ3) is 3.30. The van der Waals surface area contributed by atoms with E-state index in [1.807, 2.05) is 0 Å². The Morgan fingerprint density at radius 3 is 2.43 bits per heavy atom. The van der Waals surface area contributed by atoms with Crippen molar-refractivity contribution in [3.63, 3.8) is 0 Å². The van der Waals surface area contributed by atoms with Crippen LogP contribution in [0.5, 0.6) is 5.75 Å². The zero-order chi connectivity index (χ0) is 15.6. The number of ether oxygens (including phenoxy) is 1. The summed E-state index contributed by atoms with van der Waals surface area (Å²) < 4.78 is 55.8. The predicted molar refractivity (Wildman–Crippen MR) is 74.7 cm³/mol. The molecule has 0 spiro atoms. The van der Waals surface area contributed by atoms with Crippen LogP contribution >= 0.6 is 0 Å². The van der Waals surface area contributed by atoms with E-state index in [1.165, 1.54) is 19.2 Å². The SMILES string of the molecule is COc1ccc(CS(=O)(=O)c2ccc(F)cc2N)cc1F. The number of methoxy groups -OCH3 is 1. The first-order chi connectivity index (χ1) is 9.83. The zero-order valence-electron chi connectivity index (χ0n) is 11.1. The number of nitrogens with two attached hydrogens (primary N) is 1. The molecular weight excluding hydrogens is 300 g/mol. The van der Waals surface area contributed by atoms with Gasteiger partial charge in [-0.15, -0.1) is 0 Å². The van der Waals surface area contributed by atoms with Crippen molar-refractivity contribution in [3.05, 3.63) is 53.6 Å². The van der Waals surface area contributed by atoms with Crippen LogP contribution in [0, 0.1) is 11.6 Å². The van der Waals surface area contributed by atoms with Crippen molar-refractivity contribution in [1.29, 1.82) is 0 Å². The van der Waals surface area contributed by atoms with Gasteiger partial charge in [0.2, 0.25) is 0 Å². The lowest BCUT2D eigenvalue weighted by atomic mass is 10.2. The largest absolute Gasteiger partial charge is 0.494 e. The first-order valence-electron chi connectivity index (χ1n) is 5.93. The highest BCUT2D eigenvalue weighted by atomic mass is 32.2. The van der Waals surface area contributed by atoms with E-state index >= 15 is 0 Å². The normalized spacial score (nSPS) is 11.4. The summed E-state index contributed by atoms with van der Waals surface area (Å²) in [7, 11) is -2.48. The van der Waals surface area contributed by atoms with Crippen LogP contribution in [-0.2, 0) is 15.6 Å². The molecule has 0 saturated heterocycles. The number of sulfone groups is 1. The number of rotatable bonds is 4. The Labute approximate surface area is 121 Å². The maximum atomic E-state index is 13.6. The topological polar surface area (TPSA) is 69.4 Å². The summed E-state index contributed by atoms with van der Waals surface area (Å²) >= 11 is 0. The zero-order valence-corrected chi connectivity index (χ0v) is 12.0. The van der Waals surface area contributed by atoms with Crippen molar-refractivity contribution in [1.82, 2.24) is 0 Å². The van der Waals surface area contributed by atoms with Gasteiger partial charge in [0.15, 0.2) is 21.4 Å². The van der Waals surface area contributed by atoms with Gasteiger partial charge in [-0.2, -0.15) is 0 Å². The second-order valence-electron chi connectivity index (χ2n) is 4.41. The van der Waals surface area contributed by atoms with Crippen LogP contribution in [0.2, 0.25) is 0 Å². The van der Waals surface area contributed by atoms with Crippen LogP contribution in [0.15, 0.2) is 41.3 Å². The van der Waals surface area contributed by atoms with Gasteiger partial charge in [-0.1, -0.05) is 6.07 Å². The molecule has 4 nitrogen and oxygen atoms in total. The second kappa shape index (κ2) is 5.69. The monoisotopic (exact) mass is 313 g/mol. The summed E-state index contributed by atoms with van der Waals surface area (Å²) in [4.78, 5) is -0.180. The van der Waals surface area contributed by atoms with E-state index in [2.05, 4.69) is 0 Å². The predicted octanol–water partition coefficient (Wildman–Crippen LogP) is 2.53. The molecule has 0 unspecified atom stereocenters. The standard InChI is InChI=1S/C14H13F2NO3S/c1-20-13-4-2-9(6-11(13)16)8-21(18,19)14-5-3-10(15)7-12(14)17/h2-7H,8,17H2,1H3. The van der Waals surface area contributed by atoms with Crippen LogP contribution in [0.4, 0.5) is 14.5 Å². The fraction of sp³-hybridized carbons (Fsp3) is 0.143. The van der Waals surface area contributed by atoms with Gasteiger partial charge in [0.05, 0.1) is 23.4 Å². The van der Waals surface area contributed by atoms with Gasteiger partial charge in [0.25, 0.3) is 0 Å². The van der Waals surface area contributed by atoms with E-state index in [-0.39, 0.29) is 21.9 Å². The van der Waals surface area contributed by atoms with E-state index in [9.17, 15) is 17.2 Å². The minimum absolute atomic E-state index is 0.0254. The average Bonchev–Trinajstić information content (AvgIpc) is 2.37. The van der Waals surface area contributed by atoms with Crippen LogP contribution in [0.1, 0.15) is 5.56 Å². The molecule has 0 fully saturated rings. The van der Waals surface area contributed by atoms with E-state index < -0.39 is 27.2 Å². The molecule has 0 atom stereocenters. The molecule has 0 aliphatic heterocycles. The molecule has 0 aliphatic carbocycles. The Bertz CT molecular complexity index is 776. The molecule has 21 heavy (non-hydrogen) atoms. The maximum absolute atomic E-state index is 13.6. The first kappa shape index (κ1) is 15.2. The van der Waals surface area contributed by atoms with Crippen molar-refractivity contribution in [3.8, 4) is 5.75 Å². The molecule has 2 rings (SSSR count). The Kier molecular flexibility index (Phi) is 4.13. The molecule has 2 N–H and O–H groups in total. The molecule has 0 aliphatic rings. The minimum Gasteiger partial charge on any atom is -0.494 e. The lowest BCUT2D eigenvalue weighted by Gasteiger charge is -2.09. The lowest BCUT2D eigenvalue weighted by molar-refractivity contribution is 0.386. The van der Waals surface area contributed by atoms with E-state index in [0.717, 1.165) is 24.3 Å². The average molecular weight is 313 g/mol. The Balaban J connectivity index is 2.35.